The Hall–Kier alpha value is -1.07. The van der Waals surface area contributed by atoms with Crippen molar-refractivity contribution in [2.75, 3.05) is 20.2 Å². The number of likely N-dealkylation sites (tertiary alicyclic amines) is 1. The average Bonchev–Trinajstić information content (AvgIpc) is 2.78. The molecule has 1 amide bonds. The van der Waals surface area contributed by atoms with Gasteiger partial charge in [-0.1, -0.05) is 15.9 Å². The third-order valence-electron chi connectivity index (χ3n) is 3.31. The first-order valence-electron chi connectivity index (χ1n) is 5.94. The number of hydrogen-bond acceptors (Lipinski definition) is 3. The molecule has 1 aromatic carbocycles. The Morgan fingerprint density at radius 2 is 2.39 bits per heavy atom. The van der Waals surface area contributed by atoms with E-state index in [1.165, 1.54) is 0 Å². The Labute approximate surface area is 115 Å². The Morgan fingerprint density at radius 3 is 3.00 bits per heavy atom. The van der Waals surface area contributed by atoms with Gasteiger partial charge in [0.2, 0.25) is 5.91 Å². The molecule has 1 fully saturated rings. The number of carbonyl (C=O) groups is 1. The zero-order chi connectivity index (χ0) is 13.1. The highest BCUT2D eigenvalue weighted by Crippen LogP contribution is 2.26. The van der Waals surface area contributed by atoms with Crippen molar-refractivity contribution in [3.8, 4) is 5.75 Å². The van der Waals surface area contributed by atoms with E-state index in [4.69, 9.17) is 10.5 Å². The summed E-state index contributed by atoms with van der Waals surface area (Å²) in [5.41, 5.74) is 6.46. The number of ether oxygens (including phenoxy) is 1. The van der Waals surface area contributed by atoms with Crippen LogP contribution in [0.25, 0.3) is 0 Å². The highest BCUT2D eigenvalue weighted by Gasteiger charge is 2.26. The zero-order valence-electron chi connectivity index (χ0n) is 10.4. The number of carbonyl (C=O) groups excluding carboxylic acids is 1. The van der Waals surface area contributed by atoms with Crippen LogP contribution in [0.2, 0.25) is 0 Å². The topological polar surface area (TPSA) is 55.6 Å². The third kappa shape index (κ3) is 3.03. The third-order valence-corrected chi connectivity index (χ3v) is 3.80. The van der Waals surface area contributed by atoms with Crippen LogP contribution in [0.15, 0.2) is 22.7 Å². The Kier molecular flexibility index (Phi) is 4.24. The lowest BCUT2D eigenvalue weighted by molar-refractivity contribution is -0.121. The number of hydrogen-bond donors (Lipinski definition) is 1. The molecule has 0 spiro atoms. The Bertz CT molecular complexity index is 451. The van der Waals surface area contributed by atoms with Crippen molar-refractivity contribution in [3.63, 3.8) is 0 Å². The lowest BCUT2D eigenvalue weighted by Crippen LogP contribution is -2.27. The number of rotatable bonds is 4. The predicted octanol–water partition coefficient (Wildman–Crippen LogP) is 1.76. The molecule has 5 heteroatoms. The van der Waals surface area contributed by atoms with Crippen molar-refractivity contribution >= 4 is 21.8 Å². The standard InChI is InChI=1S/C13H17BrN2O2/c1-18-12-3-2-11(14)6-10(12)8-16-5-4-9(7-16)13(15)17/h2-3,6,9H,4-5,7-8H2,1H3,(H2,15,17)/t9-/m1/s1. The molecule has 0 radical (unpaired) electrons. The highest BCUT2D eigenvalue weighted by molar-refractivity contribution is 9.10. The number of primary amides is 1. The van der Waals surface area contributed by atoms with Gasteiger partial charge in [-0.3, -0.25) is 9.69 Å². The molecular weight excluding hydrogens is 296 g/mol. The summed E-state index contributed by atoms with van der Waals surface area (Å²) in [4.78, 5) is 13.4. The van der Waals surface area contributed by atoms with E-state index in [-0.39, 0.29) is 11.8 Å². The second-order valence-corrected chi connectivity index (χ2v) is 5.49. The van der Waals surface area contributed by atoms with Crippen LogP contribution < -0.4 is 10.5 Å². The lowest BCUT2D eigenvalue weighted by atomic mass is 10.1. The van der Waals surface area contributed by atoms with Gasteiger partial charge in [-0.05, 0) is 31.2 Å². The van der Waals surface area contributed by atoms with Crippen molar-refractivity contribution < 1.29 is 9.53 Å². The molecule has 1 aliphatic heterocycles. The van der Waals surface area contributed by atoms with Crippen molar-refractivity contribution in [3.05, 3.63) is 28.2 Å². The van der Waals surface area contributed by atoms with Crippen LogP contribution in [0.4, 0.5) is 0 Å². The molecule has 18 heavy (non-hydrogen) atoms. The summed E-state index contributed by atoms with van der Waals surface area (Å²) in [6.45, 7) is 2.43. The van der Waals surface area contributed by atoms with Gasteiger partial charge >= 0.3 is 0 Å². The SMILES string of the molecule is COc1ccc(Br)cc1CN1CC[C@@H](C(N)=O)C1. The molecule has 0 aliphatic carbocycles. The molecule has 0 unspecified atom stereocenters. The van der Waals surface area contributed by atoms with Crippen LogP contribution >= 0.6 is 15.9 Å². The maximum absolute atomic E-state index is 11.1. The summed E-state index contributed by atoms with van der Waals surface area (Å²) < 4.78 is 6.38. The van der Waals surface area contributed by atoms with Crippen molar-refractivity contribution in [1.82, 2.24) is 4.90 Å². The summed E-state index contributed by atoms with van der Waals surface area (Å²) in [6.07, 6.45) is 0.853. The molecule has 4 nitrogen and oxygen atoms in total. The summed E-state index contributed by atoms with van der Waals surface area (Å²) in [5.74, 6) is 0.669. The van der Waals surface area contributed by atoms with Crippen molar-refractivity contribution in [2.45, 2.75) is 13.0 Å². The first-order chi connectivity index (χ1) is 8.60. The fraction of sp³-hybridized carbons (Fsp3) is 0.462. The predicted molar refractivity (Wildman–Crippen MR) is 73.3 cm³/mol. The first-order valence-corrected chi connectivity index (χ1v) is 6.73. The monoisotopic (exact) mass is 312 g/mol. The van der Waals surface area contributed by atoms with Gasteiger partial charge in [0.25, 0.3) is 0 Å². The highest BCUT2D eigenvalue weighted by atomic mass is 79.9. The smallest absolute Gasteiger partial charge is 0.221 e. The van der Waals surface area contributed by atoms with E-state index in [0.717, 1.165) is 41.8 Å². The second-order valence-electron chi connectivity index (χ2n) is 4.58. The normalized spacial score (nSPS) is 20.0. The van der Waals surface area contributed by atoms with Crippen molar-refractivity contribution in [1.29, 1.82) is 0 Å². The number of halogens is 1. The van der Waals surface area contributed by atoms with Crippen LogP contribution in [-0.4, -0.2) is 31.0 Å². The number of benzene rings is 1. The van der Waals surface area contributed by atoms with Gasteiger partial charge in [0.15, 0.2) is 0 Å². The largest absolute Gasteiger partial charge is 0.496 e. The van der Waals surface area contributed by atoms with Gasteiger partial charge in [0, 0.05) is 23.1 Å². The maximum atomic E-state index is 11.1. The molecule has 2 rings (SSSR count). The van der Waals surface area contributed by atoms with Crippen LogP contribution in [0.3, 0.4) is 0 Å². The number of nitrogens with zero attached hydrogens (tertiary/aromatic N) is 1. The summed E-state index contributed by atoms with van der Waals surface area (Å²) in [6, 6.07) is 5.95. The number of amides is 1. The molecule has 0 aromatic heterocycles. The minimum atomic E-state index is -0.196. The summed E-state index contributed by atoms with van der Waals surface area (Å²) >= 11 is 3.46. The van der Waals surface area contributed by atoms with Crippen LogP contribution in [0.5, 0.6) is 5.75 Å². The quantitative estimate of drug-likeness (QED) is 0.921. The molecule has 1 atom stereocenters. The van der Waals surface area contributed by atoms with Gasteiger partial charge in [0.05, 0.1) is 13.0 Å². The second kappa shape index (κ2) is 5.71. The van der Waals surface area contributed by atoms with Crippen molar-refractivity contribution in [2.24, 2.45) is 11.7 Å². The van der Waals surface area contributed by atoms with Gasteiger partial charge in [-0.2, -0.15) is 0 Å². The van der Waals surface area contributed by atoms with E-state index in [9.17, 15) is 4.79 Å². The number of methoxy groups -OCH3 is 1. The van der Waals surface area contributed by atoms with Crippen LogP contribution in [-0.2, 0) is 11.3 Å². The molecule has 1 heterocycles. The Morgan fingerprint density at radius 1 is 1.61 bits per heavy atom. The minimum Gasteiger partial charge on any atom is -0.496 e. The fourth-order valence-corrected chi connectivity index (χ4v) is 2.73. The van der Waals surface area contributed by atoms with E-state index in [1.54, 1.807) is 7.11 Å². The molecule has 0 saturated carbocycles. The summed E-state index contributed by atoms with van der Waals surface area (Å²) in [7, 11) is 1.67. The summed E-state index contributed by atoms with van der Waals surface area (Å²) in [5, 5.41) is 0. The van der Waals surface area contributed by atoms with E-state index >= 15 is 0 Å². The van der Waals surface area contributed by atoms with E-state index < -0.39 is 0 Å². The van der Waals surface area contributed by atoms with Gasteiger partial charge in [-0.25, -0.2) is 0 Å². The minimum absolute atomic E-state index is 0.0110. The van der Waals surface area contributed by atoms with Crippen LogP contribution in [0, 0.1) is 5.92 Å². The van der Waals surface area contributed by atoms with E-state index in [0.29, 0.717) is 0 Å². The zero-order valence-corrected chi connectivity index (χ0v) is 11.9. The molecule has 0 bridgehead atoms. The van der Waals surface area contributed by atoms with E-state index in [1.807, 2.05) is 12.1 Å². The molecule has 98 valence electrons. The lowest BCUT2D eigenvalue weighted by Gasteiger charge is -2.17. The van der Waals surface area contributed by atoms with Crippen LogP contribution in [0.1, 0.15) is 12.0 Å². The maximum Gasteiger partial charge on any atom is 0.221 e. The molecule has 2 N–H and O–H groups in total. The molecule has 1 aliphatic rings. The van der Waals surface area contributed by atoms with Gasteiger partial charge < -0.3 is 10.5 Å². The first kappa shape index (κ1) is 13.4. The fourth-order valence-electron chi connectivity index (χ4n) is 2.32. The average molecular weight is 313 g/mol. The van der Waals surface area contributed by atoms with Gasteiger partial charge in [0.1, 0.15) is 5.75 Å². The number of nitrogens with two attached hydrogens (primary N) is 1. The Balaban J connectivity index is 2.06. The molecule has 1 aromatic rings. The molecular formula is C13H17BrN2O2. The van der Waals surface area contributed by atoms with Gasteiger partial charge in [-0.15, -0.1) is 0 Å². The molecule has 1 saturated heterocycles. The van der Waals surface area contributed by atoms with E-state index in [2.05, 4.69) is 26.9 Å².